The van der Waals surface area contributed by atoms with E-state index in [0.717, 1.165) is 5.56 Å². The molecule has 1 aromatic rings. The van der Waals surface area contributed by atoms with Crippen molar-refractivity contribution in [3.05, 3.63) is 82.9 Å². The first-order chi connectivity index (χ1) is 16.8. The normalized spacial score (nSPS) is 24.1. The largest absolute Gasteiger partial charge is 0.350 e. The van der Waals surface area contributed by atoms with Crippen molar-refractivity contribution in [3.63, 3.8) is 0 Å². The van der Waals surface area contributed by atoms with Gasteiger partial charge in [-0.1, -0.05) is 74.0 Å². The molecular weight excluding hydrogens is 491 g/mol. The standard InChI is InChI=1S/C30H40Cl2N2O2/c1-9-17-30(8)19-24(21-13-12-14-23(32)18-21)26(20(4)15-16-22(31)10-2)34(28(30)36)25(11-3)27(35)33-29(5,6)7/h9-10,12-16,18,24-26H,1,4,11,17,19H2,2-3,5-8H3,(H,33,35)/b16-15-,22-10+/t24-,25?,26-,30+/m1/s1. The highest BCUT2D eigenvalue weighted by atomic mass is 35.5. The average Bonchev–Trinajstić information content (AvgIpc) is 2.79. The molecule has 4 nitrogen and oxygen atoms in total. The maximum Gasteiger partial charge on any atom is 0.243 e. The zero-order chi connectivity index (χ0) is 27.3. The van der Waals surface area contributed by atoms with E-state index >= 15 is 0 Å². The summed E-state index contributed by atoms with van der Waals surface area (Å²) in [6, 6.07) is 6.59. The fourth-order valence-electron chi connectivity index (χ4n) is 4.96. The Bertz CT molecular complexity index is 1050. The van der Waals surface area contributed by atoms with Gasteiger partial charge in [-0.05, 0) is 76.3 Å². The average molecular weight is 532 g/mol. The molecule has 0 saturated carbocycles. The van der Waals surface area contributed by atoms with Gasteiger partial charge in [0.05, 0.1) is 11.5 Å². The molecular formula is C30H40Cl2N2O2. The summed E-state index contributed by atoms with van der Waals surface area (Å²) in [5.74, 6) is -0.392. The van der Waals surface area contributed by atoms with Crippen LogP contribution in [-0.2, 0) is 9.59 Å². The molecule has 1 aliphatic rings. The van der Waals surface area contributed by atoms with Gasteiger partial charge in [-0.3, -0.25) is 9.59 Å². The minimum atomic E-state index is -0.731. The summed E-state index contributed by atoms with van der Waals surface area (Å²) < 4.78 is 0. The van der Waals surface area contributed by atoms with Gasteiger partial charge in [-0.2, -0.15) is 0 Å². The number of amides is 2. The Kier molecular flexibility index (Phi) is 10.2. The first kappa shape index (κ1) is 29.9. The highest BCUT2D eigenvalue weighted by Crippen LogP contribution is 2.48. The van der Waals surface area contributed by atoms with Gasteiger partial charge in [0.25, 0.3) is 0 Å². The number of benzene rings is 1. The molecule has 1 aromatic carbocycles. The van der Waals surface area contributed by atoms with Crippen LogP contribution in [0.1, 0.15) is 72.3 Å². The molecule has 4 atom stereocenters. The second kappa shape index (κ2) is 12.3. The van der Waals surface area contributed by atoms with Crippen molar-refractivity contribution in [3.8, 4) is 0 Å². The summed E-state index contributed by atoms with van der Waals surface area (Å²) in [6.45, 7) is 19.8. The Hall–Kier alpha value is -2.30. The van der Waals surface area contributed by atoms with Crippen LogP contribution in [0, 0.1) is 5.41 Å². The van der Waals surface area contributed by atoms with E-state index in [9.17, 15) is 9.59 Å². The van der Waals surface area contributed by atoms with E-state index in [0.29, 0.717) is 34.9 Å². The molecule has 36 heavy (non-hydrogen) atoms. The van der Waals surface area contributed by atoms with E-state index in [1.54, 1.807) is 23.1 Å². The van der Waals surface area contributed by atoms with E-state index in [1.807, 2.05) is 71.9 Å². The monoisotopic (exact) mass is 530 g/mol. The summed E-state index contributed by atoms with van der Waals surface area (Å²) in [5, 5.41) is 4.27. The molecule has 2 amide bonds. The van der Waals surface area contributed by atoms with Crippen LogP contribution >= 0.6 is 23.2 Å². The van der Waals surface area contributed by atoms with Gasteiger partial charge in [0, 0.05) is 21.5 Å². The molecule has 2 rings (SSSR count). The Labute approximate surface area is 227 Å². The van der Waals surface area contributed by atoms with Crippen molar-refractivity contribution in [2.75, 3.05) is 0 Å². The van der Waals surface area contributed by atoms with Gasteiger partial charge in [0.1, 0.15) is 6.04 Å². The molecule has 1 fully saturated rings. The van der Waals surface area contributed by atoms with Gasteiger partial charge in [-0.25, -0.2) is 0 Å². The van der Waals surface area contributed by atoms with E-state index in [1.165, 1.54) is 0 Å². The van der Waals surface area contributed by atoms with Gasteiger partial charge in [-0.15, -0.1) is 6.58 Å². The van der Waals surface area contributed by atoms with Crippen molar-refractivity contribution in [1.29, 1.82) is 0 Å². The second-order valence-corrected chi connectivity index (χ2v) is 11.7. The van der Waals surface area contributed by atoms with Crippen molar-refractivity contribution in [2.45, 2.75) is 84.3 Å². The van der Waals surface area contributed by atoms with E-state index in [4.69, 9.17) is 23.2 Å². The van der Waals surface area contributed by atoms with Gasteiger partial charge in [0.2, 0.25) is 11.8 Å². The van der Waals surface area contributed by atoms with Crippen molar-refractivity contribution in [2.24, 2.45) is 5.41 Å². The Morgan fingerprint density at radius 1 is 1.33 bits per heavy atom. The van der Waals surface area contributed by atoms with E-state index in [2.05, 4.69) is 18.5 Å². The zero-order valence-electron chi connectivity index (χ0n) is 22.4. The number of halogens is 2. The second-order valence-electron chi connectivity index (χ2n) is 10.8. The SMILES string of the molecule is C=CC[C@@]1(C)C[C@H](c2cccc(Cl)c2)[C@@H](C(=C)/C=C\C(Cl)=C/C)N(C(CC)C(=O)NC(C)(C)C)C1=O. The maximum atomic E-state index is 14.2. The third kappa shape index (κ3) is 7.14. The van der Waals surface area contributed by atoms with Gasteiger partial charge < -0.3 is 10.2 Å². The number of nitrogens with one attached hydrogen (secondary N) is 1. The number of hydrogen-bond donors (Lipinski definition) is 1. The van der Waals surface area contributed by atoms with Crippen LogP contribution in [0.15, 0.2) is 72.3 Å². The predicted molar refractivity (Wildman–Crippen MR) is 152 cm³/mol. The molecule has 0 aliphatic carbocycles. The van der Waals surface area contributed by atoms with Crippen LogP contribution < -0.4 is 5.32 Å². The number of allylic oxidation sites excluding steroid dienone is 4. The topological polar surface area (TPSA) is 49.4 Å². The first-order valence-electron chi connectivity index (χ1n) is 12.5. The third-order valence-corrected chi connectivity index (χ3v) is 7.19. The number of piperidine rings is 1. The zero-order valence-corrected chi connectivity index (χ0v) is 23.9. The minimum absolute atomic E-state index is 0.0757. The fourth-order valence-corrected chi connectivity index (χ4v) is 5.22. The van der Waals surface area contributed by atoms with Crippen molar-refractivity contribution < 1.29 is 9.59 Å². The van der Waals surface area contributed by atoms with Crippen molar-refractivity contribution in [1.82, 2.24) is 10.2 Å². The minimum Gasteiger partial charge on any atom is -0.350 e. The summed E-state index contributed by atoms with van der Waals surface area (Å²) in [7, 11) is 0. The molecule has 1 saturated heterocycles. The van der Waals surface area contributed by atoms with Crippen LogP contribution in [0.3, 0.4) is 0 Å². The smallest absolute Gasteiger partial charge is 0.243 e. The van der Waals surface area contributed by atoms with Crippen LogP contribution in [0.2, 0.25) is 5.02 Å². The molecule has 0 bridgehead atoms. The maximum absolute atomic E-state index is 14.2. The summed E-state index contributed by atoms with van der Waals surface area (Å²) in [5.41, 5.74) is 0.534. The molecule has 1 N–H and O–H groups in total. The highest BCUT2D eigenvalue weighted by Gasteiger charge is 2.52. The van der Waals surface area contributed by atoms with Crippen molar-refractivity contribution >= 4 is 35.0 Å². The summed E-state index contributed by atoms with van der Waals surface area (Å²) in [6.07, 6.45) is 8.71. The van der Waals surface area contributed by atoms with Crippen LogP contribution in [-0.4, -0.2) is 34.3 Å². The molecule has 1 heterocycles. The van der Waals surface area contributed by atoms with Crippen LogP contribution in [0.25, 0.3) is 0 Å². The molecule has 0 radical (unpaired) electrons. The van der Waals surface area contributed by atoms with Crippen LogP contribution in [0.4, 0.5) is 0 Å². The molecule has 1 unspecified atom stereocenters. The number of rotatable bonds is 9. The van der Waals surface area contributed by atoms with Gasteiger partial charge >= 0.3 is 0 Å². The predicted octanol–water partition coefficient (Wildman–Crippen LogP) is 7.56. The lowest BCUT2D eigenvalue weighted by Gasteiger charge is -2.52. The Balaban J connectivity index is 2.76. The third-order valence-electron chi connectivity index (χ3n) is 6.61. The molecule has 0 spiro atoms. The number of likely N-dealkylation sites (tertiary alicyclic amines) is 1. The summed E-state index contributed by atoms with van der Waals surface area (Å²) in [4.78, 5) is 29.5. The quantitative estimate of drug-likeness (QED) is 0.264. The lowest BCUT2D eigenvalue weighted by Crippen LogP contribution is -2.63. The lowest BCUT2D eigenvalue weighted by molar-refractivity contribution is -0.156. The number of carbonyl (C=O) groups excluding carboxylic acids is 2. The number of hydrogen-bond acceptors (Lipinski definition) is 2. The Morgan fingerprint density at radius 2 is 2.00 bits per heavy atom. The van der Waals surface area contributed by atoms with Crippen LogP contribution in [0.5, 0.6) is 0 Å². The Morgan fingerprint density at radius 3 is 2.53 bits per heavy atom. The molecule has 196 valence electrons. The summed E-state index contributed by atoms with van der Waals surface area (Å²) >= 11 is 12.6. The lowest BCUT2D eigenvalue weighted by atomic mass is 9.67. The van der Waals surface area contributed by atoms with E-state index < -0.39 is 23.0 Å². The fraction of sp³-hybridized carbons (Fsp3) is 0.467. The van der Waals surface area contributed by atoms with Gasteiger partial charge in [0.15, 0.2) is 0 Å². The molecule has 0 aromatic heterocycles. The first-order valence-corrected chi connectivity index (χ1v) is 13.2. The van der Waals surface area contributed by atoms with E-state index in [-0.39, 0.29) is 17.7 Å². The highest BCUT2D eigenvalue weighted by molar-refractivity contribution is 6.31. The number of nitrogens with zero attached hydrogens (tertiary/aromatic N) is 1. The number of carbonyl (C=O) groups is 2. The molecule has 6 heteroatoms. The molecule has 1 aliphatic heterocycles.